The van der Waals surface area contributed by atoms with Crippen molar-refractivity contribution in [3.8, 4) is 0 Å². The molecule has 14 heavy (non-hydrogen) atoms. The first kappa shape index (κ1) is 16.2. The number of hydrogen-bond donors (Lipinski definition) is 0. The number of halogens is 3. The van der Waals surface area contributed by atoms with E-state index in [2.05, 4.69) is 0 Å². The lowest BCUT2D eigenvalue weighted by atomic mass is 9.95. The largest absolute Gasteiger partial charge is 0.389 e. The maximum Gasteiger partial charge on any atom is 0.389 e. The molecule has 0 bridgehead atoms. The normalized spacial score (nSPS) is 13.1. The zero-order chi connectivity index (χ0) is 11.6. The maximum absolute atomic E-state index is 11.8. The molecular formula is C11H23F3. The Morgan fingerprint density at radius 3 is 1.79 bits per heavy atom. The Morgan fingerprint density at radius 2 is 1.50 bits per heavy atom. The van der Waals surface area contributed by atoms with Crippen LogP contribution < -0.4 is 0 Å². The number of rotatable bonds is 5. The summed E-state index contributed by atoms with van der Waals surface area (Å²) in [5, 5.41) is 0. The molecule has 3 heteroatoms. The maximum atomic E-state index is 11.8. The second-order valence-electron chi connectivity index (χ2n) is 3.22. The third-order valence-electron chi connectivity index (χ3n) is 2.11. The SMILES string of the molecule is CC.CCCC(CC)CCC(F)(F)F. The Kier molecular flexibility index (Phi) is 10.8. The van der Waals surface area contributed by atoms with Gasteiger partial charge < -0.3 is 0 Å². The van der Waals surface area contributed by atoms with Gasteiger partial charge in [0.25, 0.3) is 0 Å². The van der Waals surface area contributed by atoms with Gasteiger partial charge in [-0.25, -0.2) is 0 Å². The zero-order valence-electron chi connectivity index (χ0n) is 9.75. The van der Waals surface area contributed by atoms with Gasteiger partial charge in [-0.15, -0.1) is 0 Å². The second kappa shape index (κ2) is 9.35. The van der Waals surface area contributed by atoms with E-state index in [1.54, 1.807) is 0 Å². The average Bonchev–Trinajstić information content (AvgIpc) is 2.14. The van der Waals surface area contributed by atoms with E-state index in [0.29, 0.717) is 6.42 Å². The molecule has 0 radical (unpaired) electrons. The van der Waals surface area contributed by atoms with Crippen LogP contribution in [0.4, 0.5) is 13.2 Å². The molecule has 0 nitrogen and oxygen atoms in total. The van der Waals surface area contributed by atoms with Crippen LogP contribution in [0.2, 0.25) is 0 Å². The van der Waals surface area contributed by atoms with E-state index in [0.717, 1.165) is 19.3 Å². The summed E-state index contributed by atoms with van der Waals surface area (Å²) in [6, 6.07) is 0. The summed E-state index contributed by atoms with van der Waals surface area (Å²) in [5.74, 6) is 0.261. The summed E-state index contributed by atoms with van der Waals surface area (Å²) in [5.41, 5.74) is 0. The average molecular weight is 212 g/mol. The van der Waals surface area contributed by atoms with Crippen LogP contribution in [0.1, 0.15) is 59.8 Å². The molecule has 0 spiro atoms. The summed E-state index contributed by atoms with van der Waals surface area (Å²) in [4.78, 5) is 0. The molecule has 0 amide bonds. The zero-order valence-corrected chi connectivity index (χ0v) is 9.75. The smallest absolute Gasteiger partial charge is 0.171 e. The molecule has 0 heterocycles. The summed E-state index contributed by atoms with van der Waals surface area (Å²) >= 11 is 0. The Hall–Kier alpha value is -0.210. The fourth-order valence-corrected chi connectivity index (χ4v) is 1.33. The van der Waals surface area contributed by atoms with Crippen LogP contribution in [0.25, 0.3) is 0 Å². The topological polar surface area (TPSA) is 0 Å². The quantitative estimate of drug-likeness (QED) is 0.589. The standard InChI is InChI=1S/C9H17F3.C2H6/c1-3-5-8(4-2)6-7-9(10,11)12;1-2/h8H,3-7H2,1-2H3;1-2H3. The van der Waals surface area contributed by atoms with Crippen LogP contribution in [0.3, 0.4) is 0 Å². The van der Waals surface area contributed by atoms with Crippen molar-refractivity contribution in [2.75, 3.05) is 0 Å². The van der Waals surface area contributed by atoms with Gasteiger partial charge in [-0.05, 0) is 12.3 Å². The summed E-state index contributed by atoms with van der Waals surface area (Å²) < 4.78 is 35.4. The van der Waals surface area contributed by atoms with Gasteiger partial charge in [-0.2, -0.15) is 13.2 Å². The minimum Gasteiger partial charge on any atom is -0.171 e. The van der Waals surface area contributed by atoms with Crippen LogP contribution >= 0.6 is 0 Å². The van der Waals surface area contributed by atoms with Gasteiger partial charge in [-0.3, -0.25) is 0 Å². The number of alkyl halides is 3. The molecule has 0 aromatic carbocycles. The van der Waals surface area contributed by atoms with E-state index in [-0.39, 0.29) is 5.92 Å². The summed E-state index contributed by atoms with van der Waals surface area (Å²) in [6.07, 6.45) is -1.52. The van der Waals surface area contributed by atoms with Crippen molar-refractivity contribution < 1.29 is 13.2 Å². The van der Waals surface area contributed by atoms with Crippen molar-refractivity contribution >= 4 is 0 Å². The fourth-order valence-electron chi connectivity index (χ4n) is 1.33. The Morgan fingerprint density at radius 1 is 1.00 bits per heavy atom. The van der Waals surface area contributed by atoms with Crippen LogP contribution in [0, 0.1) is 5.92 Å². The first-order chi connectivity index (χ1) is 6.49. The molecule has 1 unspecified atom stereocenters. The van der Waals surface area contributed by atoms with Gasteiger partial charge in [0.2, 0.25) is 0 Å². The van der Waals surface area contributed by atoms with Crippen molar-refractivity contribution in [3.63, 3.8) is 0 Å². The molecule has 0 aliphatic heterocycles. The first-order valence-corrected chi connectivity index (χ1v) is 5.56. The van der Waals surface area contributed by atoms with E-state index in [4.69, 9.17) is 0 Å². The van der Waals surface area contributed by atoms with Gasteiger partial charge in [0.15, 0.2) is 0 Å². The highest BCUT2D eigenvalue weighted by Crippen LogP contribution is 2.27. The van der Waals surface area contributed by atoms with E-state index in [1.165, 1.54) is 0 Å². The number of hydrogen-bond acceptors (Lipinski definition) is 0. The first-order valence-electron chi connectivity index (χ1n) is 5.56. The molecule has 0 aromatic heterocycles. The predicted molar refractivity (Wildman–Crippen MR) is 55.3 cm³/mol. The summed E-state index contributed by atoms with van der Waals surface area (Å²) in [6.45, 7) is 7.97. The molecular weight excluding hydrogens is 189 g/mol. The summed E-state index contributed by atoms with van der Waals surface area (Å²) in [7, 11) is 0. The Labute approximate surface area is 85.9 Å². The minimum atomic E-state index is -3.97. The molecule has 0 aliphatic rings. The molecule has 0 saturated heterocycles. The van der Waals surface area contributed by atoms with Crippen LogP contribution in [-0.2, 0) is 0 Å². The van der Waals surface area contributed by atoms with Crippen LogP contribution in [0.5, 0.6) is 0 Å². The lowest BCUT2D eigenvalue weighted by Crippen LogP contribution is -2.10. The predicted octanol–water partition coefficient (Wildman–Crippen LogP) is 5.18. The van der Waals surface area contributed by atoms with Gasteiger partial charge >= 0.3 is 6.18 Å². The van der Waals surface area contributed by atoms with Gasteiger partial charge in [0.05, 0.1) is 0 Å². The molecule has 0 fully saturated rings. The highest BCUT2D eigenvalue weighted by Gasteiger charge is 2.27. The van der Waals surface area contributed by atoms with Crippen molar-refractivity contribution in [1.82, 2.24) is 0 Å². The molecule has 0 rings (SSSR count). The van der Waals surface area contributed by atoms with Crippen molar-refractivity contribution in [1.29, 1.82) is 0 Å². The van der Waals surface area contributed by atoms with Gasteiger partial charge in [-0.1, -0.05) is 47.0 Å². The minimum absolute atomic E-state index is 0.261. The molecule has 0 saturated carbocycles. The highest BCUT2D eigenvalue weighted by atomic mass is 19.4. The van der Waals surface area contributed by atoms with E-state index >= 15 is 0 Å². The molecule has 0 N–H and O–H groups in total. The highest BCUT2D eigenvalue weighted by molar-refractivity contribution is 4.60. The Bertz CT molecular complexity index is 108. The van der Waals surface area contributed by atoms with Crippen molar-refractivity contribution in [2.24, 2.45) is 5.92 Å². The molecule has 0 aromatic rings. The third kappa shape index (κ3) is 11.8. The van der Waals surface area contributed by atoms with Gasteiger partial charge in [0.1, 0.15) is 0 Å². The van der Waals surface area contributed by atoms with E-state index in [9.17, 15) is 13.2 Å². The van der Waals surface area contributed by atoms with Crippen LogP contribution in [0.15, 0.2) is 0 Å². The monoisotopic (exact) mass is 212 g/mol. The lowest BCUT2D eigenvalue weighted by molar-refractivity contribution is -0.137. The van der Waals surface area contributed by atoms with Gasteiger partial charge in [0, 0.05) is 6.42 Å². The lowest BCUT2D eigenvalue weighted by Gasteiger charge is -2.14. The van der Waals surface area contributed by atoms with E-state index in [1.807, 2.05) is 27.7 Å². The van der Waals surface area contributed by atoms with E-state index < -0.39 is 12.6 Å². The van der Waals surface area contributed by atoms with Crippen LogP contribution in [-0.4, -0.2) is 6.18 Å². The molecule has 1 atom stereocenters. The molecule has 88 valence electrons. The van der Waals surface area contributed by atoms with Crippen molar-refractivity contribution in [3.05, 3.63) is 0 Å². The van der Waals surface area contributed by atoms with Crippen molar-refractivity contribution in [2.45, 2.75) is 66.0 Å². The second-order valence-corrected chi connectivity index (χ2v) is 3.22. The Balaban J connectivity index is 0. The molecule has 0 aliphatic carbocycles. The third-order valence-corrected chi connectivity index (χ3v) is 2.11. The fraction of sp³-hybridized carbons (Fsp3) is 1.00.